The number of thiophene rings is 1. The predicted molar refractivity (Wildman–Crippen MR) is 59.7 cm³/mol. The van der Waals surface area contributed by atoms with Crippen molar-refractivity contribution in [2.24, 2.45) is 0 Å². The smallest absolute Gasteiger partial charge is 0.143 e. The highest BCUT2D eigenvalue weighted by Crippen LogP contribution is 2.30. The largest absolute Gasteiger partial charge is 0.251 e. The second-order valence-corrected chi connectivity index (χ2v) is 4.29. The fraction of sp³-hybridized carbons (Fsp3) is 0.0909. The maximum Gasteiger partial charge on any atom is 0.143 e. The lowest BCUT2D eigenvalue weighted by Gasteiger charge is -1.90. The fourth-order valence-corrected chi connectivity index (χ4v) is 2.65. The van der Waals surface area contributed by atoms with Crippen molar-refractivity contribution in [3.05, 3.63) is 36.2 Å². The minimum Gasteiger partial charge on any atom is -0.251 e. The summed E-state index contributed by atoms with van der Waals surface area (Å²) < 4.78 is 1.26. The molecule has 0 saturated heterocycles. The lowest BCUT2D eigenvalue weighted by atomic mass is 10.2. The van der Waals surface area contributed by atoms with Gasteiger partial charge in [-0.15, -0.1) is 11.3 Å². The van der Waals surface area contributed by atoms with Crippen molar-refractivity contribution >= 4 is 31.8 Å². The molecule has 0 N–H and O–H groups in total. The van der Waals surface area contributed by atoms with Gasteiger partial charge in [-0.05, 0) is 13.0 Å². The normalized spacial score (nSPS) is 11.2. The molecular weight excluding hydrogens is 192 g/mol. The highest BCUT2D eigenvalue weighted by molar-refractivity contribution is 7.25. The van der Waals surface area contributed by atoms with Gasteiger partial charge < -0.3 is 0 Å². The Morgan fingerprint density at radius 3 is 3.00 bits per heavy atom. The van der Waals surface area contributed by atoms with Crippen LogP contribution in [-0.2, 0) is 0 Å². The summed E-state index contributed by atoms with van der Waals surface area (Å²) in [4.78, 5) is 9.92. The van der Waals surface area contributed by atoms with E-state index < -0.39 is 0 Å². The van der Waals surface area contributed by atoms with E-state index in [9.17, 15) is 0 Å². The first-order valence-corrected chi connectivity index (χ1v) is 5.27. The molecule has 0 amide bonds. The second-order valence-electron chi connectivity index (χ2n) is 3.26. The number of nitrogens with zero attached hydrogens (tertiary/aromatic N) is 2. The summed E-state index contributed by atoms with van der Waals surface area (Å²) in [6.45, 7) is 1.97. The summed E-state index contributed by atoms with van der Waals surface area (Å²) in [5.41, 5.74) is 2.00. The van der Waals surface area contributed by atoms with Gasteiger partial charge in [0.05, 0.1) is 5.69 Å². The first-order valence-electron chi connectivity index (χ1n) is 4.45. The highest BCUT2D eigenvalue weighted by Gasteiger charge is 2.05. The molecular formula is C11H8N2S. The number of hydrogen-bond donors (Lipinski definition) is 0. The SMILES string of the molecule is Cc1cnc2c(n1)sc1ccccc12. The van der Waals surface area contributed by atoms with Crippen LogP contribution in [0, 0.1) is 6.92 Å². The molecule has 0 aliphatic rings. The van der Waals surface area contributed by atoms with Crippen molar-refractivity contribution in [2.45, 2.75) is 6.92 Å². The molecule has 0 radical (unpaired) electrons. The molecule has 0 unspecified atom stereocenters. The molecule has 14 heavy (non-hydrogen) atoms. The van der Waals surface area contributed by atoms with Gasteiger partial charge in [0, 0.05) is 16.3 Å². The third kappa shape index (κ3) is 1.02. The number of aryl methyl sites for hydroxylation is 1. The zero-order chi connectivity index (χ0) is 9.54. The Kier molecular flexibility index (Phi) is 1.55. The average Bonchev–Trinajstić information content (AvgIpc) is 2.54. The van der Waals surface area contributed by atoms with Crippen LogP contribution in [0.4, 0.5) is 0 Å². The third-order valence-electron chi connectivity index (χ3n) is 2.21. The number of benzene rings is 1. The molecule has 0 saturated carbocycles. The maximum absolute atomic E-state index is 4.47. The zero-order valence-corrected chi connectivity index (χ0v) is 8.51. The van der Waals surface area contributed by atoms with E-state index in [0.717, 1.165) is 16.0 Å². The van der Waals surface area contributed by atoms with Gasteiger partial charge in [0.25, 0.3) is 0 Å². The topological polar surface area (TPSA) is 25.8 Å². The van der Waals surface area contributed by atoms with E-state index in [1.54, 1.807) is 11.3 Å². The van der Waals surface area contributed by atoms with Crippen molar-refractivity contribution in [2.75, 3.05) is 0 Å². The lowest BCUT2D eigenvalue weighted by molar-refractivity contribution is 1.20. The minimum absolute atomic E-state index is 0.976. The molecule has 1 aromatic carbocycles. The van der Waals surface area contributed by atoms with Crippen molar-refractivity contribution in [3.63, 3.8) is 0 Å². The molecule has 3 heteroatoms. The van der Waals surface area contributed by atoms with Crippen LogP contribution in [0.2, 0.25) is 0 Å². The molecule has 3 rings (SSSR count). The van der Waals surface area contributed by atoms with Crippen LogP contribution in [0.1, 0.15) is 5.69 Å². The van der Waals surface area contributed by atoms with E-state index in [1.165, 1.54) is 10.1 Å². The summed E-state index contributed by atoms with van der Waals surface area (Å²) in [7, 11) is 0. The van der Waals surface area contributed by atoms with Gasteiger partial charge >= 0.3 is 0 Å². The van der Waals surface area contributed by atoms with Crippen LogP contribution in [0.3, 0.4) is 0 Å². The highest BCUT2D eigenvalue weighted by atomic mass is 32.1. The lowest BCUT2D eigenvalue weighted by Crippen LogP contribution is -1.81. The van der Waals surface area contributed by atoms with Crippen LogP contribution < -0.4 is 0 Å². The van der Waals surface area contributed by atoms with Crippen molar-refractivity contribution in [1.29, 1.82) is 0 Å². The average molecular weight is 200 g/mol. The quantitative estimate of drug-likeness (QED) is 0.557. The molecule has 0 atom stereocenters. The van der Waals surface area contributed by atoms with E-state index in [-0.39, 0.29) is 0 Å². The monoisotopic (exact) mass is 200 g/mol. The van der Waals surface area contributed by atoms with Gasteiger partial charge in [-0.3, -0.25) is 4.98 Å². The minimum atomic E-state index is 0.976. The number of hydrogen-bond acceptors (Lipinski definition) is 3. The Labute approximate surface area is 85.2 Å². The Morgan fingerprint density at radius 2 is 2.07 bits per heavy atom. The van der Waals surface area contributed by atoms with Gasteiger partial charge in [-0.1, -0.05) is 18.2 Å². The Bertz CT molecular complexity index is 613. The van der Waals surface area contributed by atoms with Gasteiger partial charge in [0.15, 0.2) is 0 Å². The van der Waals surface area contributed by atoms with Crippen LogP contribution >= 0.6 is 11.3 Å². The first-order chi connectivity index (χ1) is 6.84. The summed E-state index contributed by atoms with van der Waals surface area (Å²) >= 11 is 1.70. The van der Waals surface area contributed by atoms with Crippen molar-refractivity contribution in [1.82, 2.24) is 9.97 Å². The molecule has 0 aliphatic carbocycles. The molecule has 68 valence electrons. The van der Waals surface area contributed by atoms with Crippen LogP contribution in [0.5, 0.6) is 0 Å². The number of rotatable bonds is 0. The Morgan fingerprint density at radius 1 is 1.21 bits per heavy atom. The molecule has 3 aromatic rings. The molecule has 0 aliphatic heterocycles. The van der Waals surface area contributed by atoms with Crippen molar-refractivity contribution in [3.8, 4) is 0 Å². The van der Waals surface area contributed by atoms with Crippen LogP contribution in [-0.4, -0.2) is 9.97 Å². The van der Waals surface area contributed by atoms with Crippen LogP contribution in [0.15, 0.2) is 30.5 Å². The summed E-state index contributed by atoms with van der Waals surface area (Å²) in [5.74, 6) is 0. The third-order valence-corrected chi connectivity index (χ3v) is 3.26. The molecule has 2 heterocycles. The fourth-order valence-electron chi connectivity index (χ4n) is 1.57. The van der Waals surface area contributed by atoms with Crippen molar-refractivity contribution < 1.29 is 0 Å². The molecule has 0 fully saturated rings. The van der Waals surface area contributed by atoms with E-state index in [1.807, 2.05) is 25.3 Å². The van der Waals surface area contributed by atoms with E-state index in [2.05, 4.69) is 22.1 Å². The zero-order valence-electron chi connectivity index (χ0n) is 7.69. The molecule has 0 bridgehead atoms. The number of aromatic nitrogens is 2. The summed E-state index contributed by atoms with van der Waals surface area (Å²) in [6, 6.07) is 8.29. The molecule has 2 aromatic heterocycles. The predicted octanol–water partition coefficient (Wildman–Crippen LogP) is 3.15. The Balaban J connectivity index is 2.57. The van der Waals surface area contributed by atoms with Gasteiger partial charge in [-0.2, -0.15) is 0 Å². The second kappa shape index (κ2) is 2.75. The first kappa shape index (κ1) is 7.88. The molecule has 2 nitrogen and oxygen atoms in total. The number of fused-ring (bicyclic) bond motifs is 3. The standard InChI is InChI=1S/C11H8N2S/c1-7-6-12-10-8-4-2-3-5-9(8)14-11(10)13-7/h2-6H,1H3. The van der Waals surface area contributed by atoms with Gasteiger partial charge in [0.1, 0.15) is 10.3 Å². The summed E-state index contributed by atoms with van der Waals surface area (Å²) in [5, 5.41) is 1.21. The van der Waals surface area contributed by atoms with Crippen LogP contribution in [0.25, 0.3) is 20.4 Å². The van der Waals surface area contributed by atoms with E-state index in [4.69, 9.17) is 0 Å². The van der Waals surface area contributed by atoms with Gasteiger partial charge in [0.2, 0.25) is 0 Å². The Hall–Kier alpha value is -1.48. The van der Waals surface area contributed by atoms with E-state index in [0.29, 0.717) is 0 Å². The molecule has 0 spiro atoms. The van der Waals surface area contributed by atoms with Gasteiger partial charge in [-0.25, -0.2) is 4.98 Å². The maximum atomic E-state index is 4.47. The summed E-state index contributed by atoms with van der Waals surface area (Å²) in [6.07, 6.45) is 1.82. The van der Waals surface area contributed by atoms with E-state index >= 15 is 0 Å².